The normalized spacial score (nSPS) is 23.8. The van der Waals surface area contributed by atoms with Crippen molar-refractivity contribution in [2.75, 3.05) is 13.1 Å². The number of carbonyl (C=O) groups is 2. The molecule has 5 heteroatoms. The molecular formula is C16H30N2O3. The molecule has 0 saturated heterocycles. The van der Waals surface area contributed by atoms with E-state index in [9.17, 15) is 14.7 Å². The van der Waals surface area contributed by atoms with Crippen molar-refractivity contribution in [3.63, 3.8) is 0 Å². The monoisotopic (exact) mass is 298 g/mol. The van der Waals surface area contributed by atoms with Crippen LogP contribution in [-0.4, -0.2) is 30.1 Å². The Bertz CT molecular complexity index is 344. The number of carboxylic acid groups (broad SMARTS) is 1. The molecule has 1 fully saturated rings. The van der Waals surface area contributed by atoms with Crippen LogP contribution in [0.3, 0.4) is 0 Å². The Hall–Kier alpha value is -1.10. The Morgan fingerprint density at radius 3 is 2.52 bits per heavy atom. The third kappa shape index (κ3) is 6.46. The van der Waals surface area contributed by atoms with Gasteiger partial charge in [-0.25, -0.2) is 0 Å². The summed E-state index contributed by atoms with van der Waals surface area (Å²) in [4.78, 5) is 23.2. The fourth-order valence-corrected chi connectivity index (χ4v) is 3.29. The molecule has 1 aliphatic carbocycles. The number of amides is 1. The molecule has 0 aromatic carbocycles. The highest BCUT2D eigenvalue weighted by Gasteiger charge is 2.30. The lowest BCUT2D eigenvalue weighted by Gasteiger charge is -2.28. The van der Waals surface area contributed by atoms with E-state index < -0.39 is 5.97 Å². The number of nitrogens with two attached hydrogens (primary N) is 1. The van der Waals surface area contributed by atoms with Crippen molar-refractivity contribution in [2.24, 2.45) is 29.4 Å². The zero-order valence-corrected chi connectivity index (χ0v) is 13.3. The van der Waals surface area contributed by atoms with Crippen LogP contribution in [-0.2, 0) is 9.59 Å². The Morgan fingerprint density at radius 1 is 1.29 bits per heavy atom. The number of hydrogen-bond acceptors (Lipinski definition) is 3. The van der Waals surface area contributed by atoms with Crippen molar-refractivity contribution in [3.8, 4) is 0 Å². The Balaban J connectivity index is 2.38. The molecule has 0 bridgehead atoms. The summed E-state index contributed by atoms with van der Waals surface area (Å²) >= 11 is 0. The first kappa shape index (κ1) is 18.0. The van der Waals surface area contributed by atoms with Crippen LogP contribution >= 0.6 is 0 Å². The van der Waals surface area contributed by atoms with E-state index in [1.807, 2.05) is 0 Å². The number of carbonyl (C=O) groups excluding carboxylic acids is 1. The molecule has 1 rings (SSSR count). The van der Waals surface area contributed by atoms with Gasteiger partial charge in [-0.2, -0.15) is 0 Å². The summed E-state index contributed by atoms with van der Waals surface area (Å²) in [6.45, 7) is 5.25. The summed E-state index contributed by atoms with van der Waals surface area (Å²) in [5.41, 5.74) is 5.71. The van der Waals surface area contributed by atoms with Gasteiger partial charge in [-0.15, -0.1) is 0 Å². The van der Waals surface area contributed by atoms with Crippen LogP contribution in [0, 0.1) is 23.7 Å². The zero-order chi connectivity index (χ0) is 15.8. The van der Waals surface area contributed by atoms with Gasteiger partial charge in [0.15, 0.2) is 0 Å². The average molecular weight is 298 g/mol. The van der Waals surface area contributed by atoms with Crippen LogP contribution in [0.2, 0.25) is 0 Å². The lowest BCUT2D eigenvalue weighted by atomic mass is 9.79. The first-order valence-electron chi connectivity index (χ1n) is 8.13. The summed E-state index contributed by atoms with van der Waals surface area (Å²) in [7, 11) is 0. The second kappa shape index (κ2) is 9.03. The Morgan fingerprint density at radius 2 is 1.95 bits per heavy atom. The summed E-state index contributed by atoms with van der Waals surface area (Å²) in [6, 6.07) is 0. The topological polar surface area (TPSA) is 92.4 Å². The highest BCUT2D eigenvalue weighted by atomic mass is 16.4. The predicted octanol–water partition coefficient (Wildman–Crippen LogP) is 2.00. The van der Waals surface area contributed by atoms with Crippen molar-refractivity contribution >= 4 is 11.9 Å². The van der Waals surface area contributed by atoms with Gasteiger partial charge in [-0.3, -0.25) is 9.59 Å². The van der Waals surface area contributed by atoms with E-state index in [-0.39, 0.29) is 23.7 Å². The van der Waals surface area contributed by atoms with E-state index in [1.54, 1.807) is 0 Å². The molecule has 3 unspecified atom stereocenters. The third-order valence-electron chi connectivity index (χ3n) is 4.40. The van der Waals surface area contributed by atoms with E-state index in [0.29, 0.717) is 25.4 Å². The van der Waals surface area contributed by atoms with Crippen molar-refractivity contribution in [1.29, 1.82) is 0 Å². The molecule has 0 aromatic rings. The summed E-state index contributed by atoms with van der Waals surface area (Å²) < 4.78 is 0. The molecule has 122 valence electrons. The molecular weight excluding hydrogens is 268 g/mol. The average Bonchev–Trinajstić information content (AvgIpc) is 2.44. The van der Waals surface area contributed by atoms with Crippen LogP contribution in [0.5, 0.6) is 0 Å². The maximum Gasteiger partial charge on any atom is 0.306 e. The molecule has 1 saturated carbocycles. The van der Waals surface area contributed by atoms with E-state index in [2.05, 4.69) is 19.2 Å². The smallest absolute Gasteiger partial charge is 0.306 e. The fraction of sp³-hybridized carbons (Fsp3) is 0.875. The molecule has 0 aromatic heterocycles. The van der Waals surface area contributed by atoms with Gasteiger partial charge in [0.05, 0.1) is 5.92 Å². The van der Waals surface area contributed by atoms with Gasteiger partial charge in [-0.1, -0.05) is 26.7 Å². The number of rotatable bonds is 8. The van der Waals surface area contributed by atoms with Crippen LogP contribution in [0.25, 0.3) is 0 Å². The summed E-state index contributed by atoms with van der Waals surface area (Å²) in [6.07, 6.45) is 5.05. The first-order chi connectivity index (χ1) is 9.93. The summed E-state index contributed by atoms with van der Waals surface area (Å²) in [5.74, 6) is -0.219. The number of aliphatic carboxylic acids is 1. The van der Waals surface area contributed by atoms with E-state index in [4.69, 9.17) is 5.73 Å². The van der Waals surface area contributed by atoms with Crippen molar-refractivity contribution in [2.45, 2.75) is 52.4 Å². The van der Waals surface area contributed by atoms with Crippen LogP contribution < -0.4 is 11.1 Å². The molecule has 0 spiro atoms. The van der Waals surface area contributed by atoms with Gasteiger partial charge in [0.1, 0.15) is 0 Å². The predicted molar refractivity (Wildman–Crippen MR) is 82.7 cm³/mol. The molecule has 5 nitrogen and oxygen atoms in total. The van der Waals surface area contributed by atoms with Gasteiger partial charge in [-0.05, 0) is 43.6 Å². The van der Waals surface area contributed by atoms with E-state index in [0.717, 1.165) is 32.1 Å². The molecule has 0 heterocycles. The second-order valence-electron chi connectivity index (χ2n) is 6.73. The Labute approximate surface area is 127 Å². The largest absolute Gasteiger partial charge is 0.481 e. The zero-order valence-electron chi connectivity index (χ0n) is 13.3. The standard InChI is InChI=1S/C16H30N2O3/c1-11(2)7-12(9-17)8-15(19)18-10-13-5-3-4-6-14(13)16(20)21/h11-14H,3-10,17H2,1-2H3,(H,18,19)(H,20,21). The maximum atomic E-state index is 12.0. The third-order valence-corrected chi connectivity index (χ3v) is 4.40. The minimum Gasteiger partial charge on any atom is -0.481 e. The van der Waals surface area contributed by atoms with Gasteiger partial charge < -0.3 is 16.2 Å². The molecule has 0 aliphatic heterocycles. The quantitative estimate of drug-likeness (QED) is 0.639. The maximum absolute atomic E-state index is 12.0. The van der Waals surface area contributed by atoms with Crippen molar-refractivity contribution in [3.05, 3.63) is 0 Å². The van der Waals surface area contributed by atoms with Crippen LogP contribution in [0.4, 0.5) is 0 Å². The van der Waals surface area contributed by atoms with E-state index in [1.165, 1.54) is 0 Å². The van der Waals surface area contributed by atoms with Gasteiger partial charge in [0.25, 0.3) is 0 Å². The molecule has 1 amide bonds. The van der Waals surface area contributed by atoms with Crippen molar-refractivity contribution in [1.82, 2.24) is 5.32 Å². The van der Waals surface area contributed by atoms with E-state index >= 15 is 0 Å². The number of nitrogens with one attached hydrogen (secondary N) is 1. The number of carboxylic acids is 1. The Kier molecular flexibility index (Phi) is 7.72. The van der Waals surface area contributed by atoms with Crippen LogP contribution in [0.15, 0.2) is 0 Å². The molecule has 4 N–H and O–H groups in total. The molecule has 3 atom stereocenters. The van der Waals surface area contributed by atoms with Gasteiger partial charge >= 0.3 is 5.97 Å². The SMILES string of the molecule is CC(C)CC(CN)CC(=O)NCC1CCCCC1C(=O)O. The first-order valence-corrected chi connectivity index (χ1v) is 8.13. The fourth-order valence-electron chi connectivity index (χ4n) is 3.29. The molecule has 0 radical (unpaired) electrons. The number of hydrogen-bond donors (Lipinski definition) is 3. The second-order valence-corrected chi connectivity index (χ2v) is 6.73. The summed E-state index contributed by atoms with van der Waals surface area (Å²) in [5, 5.41) is 12.1. The highest BCUT2D eigenvalue weighted by molar-refractivity contribution is 5.76. The van der Waals surface area contributed by atoms with Crippen LogP contribution in [0.1, 0.15) is 52.4 Å². The highest BCUT2D eigenvalue weighted by Crippen LogP contribution is 2.29. The lowest BCUT2D eigenvalue weighted by molar-refractivity contribution is -0.145. The molecule has 1 aliphatic rings. The van der Waals surface area contributed by atoms with Gasteiger partial charge in [0.2, 0.25) is 5.91 Å². The lowest BCUT2D eigenvalue weighted by Crippen LogP contribution is -2.38. The molecule has 21 heavy (non-hydrogen) atoms. The van der Waals surface area contributed by atoms with Gasteiger partial charge in [0, 0.05) is 13.0 Å². The van der Waals surface area contributed by atoms with Crippen molar-refractivity contribution < 1.29 is 14.7 Å². The minimum atomic E-state index is -0.728. The minimum absolute atomic E-state index is 0.000752.